The van der Waals surface area contributed by atoms with Crippen LogP contribution in [-0.2, 0) is 4.79 Å². The number of hydrogen-bond donors (Lipinski definition) is 1. The van der Waals surface area contributed by atoms with E-state index in [4.69, 9.17) is 11.6 Å². The van der Waals surface area contributed by atoms with Gasteiger partial charge in [0.2, 0.25) is 5.91 Å². The number of carbonyl (C=O) groups is 1. The summed E-state index contributed by atoms with van der Waals surface area (Å²) in [5.41, 5.74) is 0. The molecule has 0 aromatic rings. The monoisotopic (exact) mass is 245 g/mol. The summed E-state index contributed by atoms with van der Waals surface area (Å²) in [7, 11) is 0. The molecule has 1 fully saturated rings. The molecule has 94 valence electrons. The Bertz CT molecular complexity index is 230. The fourth-order valence-electron chi connectivity index (χ4n) is 2.12. The van der Waals surface area contributed by atoms with Gasteiger partial charge in [-0.1, -0.05) is 27.2 Å². The number of carbonyl (C=O) groups excluding carboxylic acids is 1. The molecular formula is C13H24ClNO. The van der Waals surface area contributed by atoms with Gasteiger partial charge in [-0.3, -0.25) is 4.79 Å². The molecule has 0 aromatic heterocycles. The molecule has 0 aromatic carbocycles. The highest BCUT2D eigenvalue weighted by atomic mass is 35.5. The van der Waals surface area contributed by atoms with E-state index in [9.17, 15) is 4.79 Å². The number of nitrogens with one attached hydrogen (secondary N) is 1. The summed E-state index contributed by atoms with van der Waals surface area (Å²) in [4.78, 5) is 11.8. The fourth-order valence-corrected chi connectivity index (χ4v) is 2.53. The quantitative estimate of drug-likeness (QED) is 0.758. The van der Waals surface area contributed by atoms with E-state index in [1.807, 2.05) is 6.92 Å². The molecule has 1 amide bonds. The van der Waals surface area contributed by atoms with E-state index in [0.29, 0.717) is 17.2 Å². The van der Waals surface area contributed by atoms with Gasteiger partial charge in [-0.25, -0.2) is 0 Å². The van der Waals surface area contributed by atoms with E-state index in [2.05, 4.69) is 19.2 Å². The Labute approximate surface area is 104 Å². The van der Waals surface area contributed by atoms with Crippen molar-refractivity contribution in [2.24, 2.45) is 17.8 Å². The van der Waals surface area contributed by atoms with Gasteiger partial charge in [0.1, 0.15) is 0 Å². The first-order valence-corrected chi connectivity index (χ1v) is 6.86. The van der Waals surface area contributed by atoms with Crippen molar-refractivity contribution in [1.82, 2.24) is 5.32 Å². The third kappa shape index (κ3) is 4.32. The summed E-state index contributed by atoms with van der Waals surface area (Å²) in [6.45, 7) is 6.96. The lowest BCUT2D eigenvalue weighted by Gasteiger charge is -2.26. The van der Waals surface area contributed by atoms with E-state index in [-0.39, 0.29) is 11.8 Å². The smallest absolute Gasteiger partial charge is 0.223 e. The number of hydrogen-bond acceptors (Lipinski definition) is 1. The maximum atomic E-state index is 11.8. The normalized spacial score (nSPS) is 27.8. The molecule has 1 aliphatic rings. The average Bonchev–Trinajstić information content (AvgIpc) is 2.24. The molecule has 0 heterocycles. The number of amides is 1. The van der Waals surface area contributed by atoms with E-state index >= 15 is 0 Å². The first-order chi connectivity index (χ1) is 7.50. The molecule has 3 heteroatoms. The van der Waals surface area contributed by atoms with Crippen LogP contribution < -0.4 is 5.32 Å². The van der Waals surface area contributed by atoms with Crippen molar-refractivity contribution in [2.45, 2.75) is 51.8 Å². The second-order valence-corrected chi connectivity index (χ2v) is 6.02. The maximum Gasteiger partial charge on any atom is 0.223 e. The van der Waals surface area contributed by atoms with Crippen molar-refractivity contribution >= 4 is 17.5 Å². The Balaban J connectivity index is 2.25. The third-order valence-electron chi connectivity index (χ3n) is 3.70. The molecule has 1 saturated carbocycles. The van der Waals surface area contributed by atoms with Crippen LogP contribution in [0.1, 0.15) is 46.5 Å². The first-order valence-electron chi connectivity index (χ1n) is 6.42. The van der Waals surface area contributed by atoms with Crippen molar-refractivity contribution in [3.8, 4) is 0 Å². The Hall–Kier alpha value is -0.240. The van der Waals surface area contributed by atoms with E-state index < -0.39 is 0 Å². The van der Waals surface area contributed by atoms with Gasteiger partial charge in [0.15, 0.2) is 0 Å². The minimum atomic E-state index is 0.107. The predicted octanol–water partition coefficient (Wildman–Crippen LogP) is 3.19. The lowest BCUT2D eigenvalue weighted by Crippen LogP contribution is -2.36. The van der Waals surface area contributed by atoms with Crippen LogP contribution in [0.5, 0.6) is 0 Å². The van der Waals surface area contributed by atoms with Gasteiger partial charge in [0.25, 0.3) is 0 Å². The van der Waals surface area contributed by atoms with Crippen LogP contribution >= 0.6 is 11.6 Å². The van der Waals surface area contributed by atoms with E-state index in [1.165, 1.54) is 12.8 Å². The molecular weight excluding hydrogens is 222 g/mol. The van der Waals surface area contributed by atoms with E-state index in [0.717, 1.165) is 19.4 Å². The van der Waals surface area contributed by atoms with Crippen molar-refractivity contribution in [1.29, 1.82) is 0 Å². The second kappa shape index (κ2) is 6.48. The molecule has 0 bridgehead atoms. The van der Waals surface area contributed by atoms with Crippen LogP contribution in [0.4, 0.5) is 0 Å². The SMILES string of the molecule is CC(C)C(C)C(=O)NCC1CCCC(Cl)C1. The van der Waals surface area contributed by atoms with Gasteiger partial charge in [-0.05, 0) is 31.1 Å². The molecule has 0 aliphatic heterocycles. The fraction of sp³-hybridized carbons (Fsp3) is 0.923. The van der Waals surface area contributed by atoms with Crippen LogP contribution in [0.15, 0.2) is 0 Å². The topological polar surface area (TPSA) is 29.1 Å². The number of rotatable bonds is 4. The van der Waals surface area contributed by atoms with Crippen LogP contribution in [0, 0.1) is 17.8 Å². The Kier molecular flexibility index (Phi) is 5.60. The van der Waals surface area contributed by atoms with Gasteiger partial charge in [0, 0.05) is 17.8 Å². The molecule has 0 radical (unpaired) electrons. The third-order valence-corrected chi connectivity index (χ3v) is 4.09. The summed E-state index contributed by atoms with van der Waals surface area (Å²) < 4.78 is 0. The zero-order chi connectivity index (χ0) is 12.1. The highest BCUT2D eigenvalue weighted by Crippen LogP contribution is 2.27. The lowest BCUT2D eigenvalue weighted by atomic mass is 9.88. The summed E-state index contributed by atoms with van der Waals surface area (Å²) in [5.74, 6) is 1.29. The minimum absolute atomic E-state index is 0.107. The summed E-state index contributed by atoms with van der Waals surface area (Å²) in [6.07, 6.45) is 4.60. The predicted molar refractivity (Wildman–Crippen MR) is 68.6 cm³/mol. The first kappa shape index (κ1) is 13.8. The van der Waals surface area contributed by atoms with Crippen LogP contribution in [-0.4, -0.2) is 17.8 Å². The Morgan fingerprint density at radius 2 is 2.06 bits per heavy atom. The van der Waals surface area contributed by atoms with Gasteiger partial charge < -0.3 is 5.32 Å². The van der Waals surface area contributed by atoms with Crippen molar-refractivity contribution in [2.75, 3.05) is 6.54 Å². The van der Waals surface area contributed by atoms with Crippen molar-refractivity contribution < 1.29 is 4.79 Å². The second-order valence-electron chi connectivity index (χ2n) is 5.41. The molecule has 1 aliphatic carbocycles. The zero-order valence-electron chi connectivity index (χ0n) is 10.6. The largest absolute Gasteiger partial charge is 0.356 e. The highest BCUT2D eigenvalue weighted by Gasteiger charge is 2.22. The Morgan fingerprint density at radius 3 is 2.62 bits per heavy atom. The molecule has 3 unspecified atom stereocenters. The summed E-state index contributed by atoms with van der Waals surface area (Å²) in [5, 5.41) is 3.37. The van der Waals surface area contributed by atoms with Gasteiger partial charge in [-0.2, -0.15) is 0 Å². The minimum Gasteiger partial charge on any atom is -0.356 e. The number of alkyl halides is 1. The van der Waals surface area contributed by atoms with Crippen LogP contribution in [0.2, 0.25) is 0 Å². The van der Waals surface area contributed by atoms with Crippen molar-refractivity contribution in [3.63, 3.8) is 0 Å². The zero-order valence-corrected chi connectivity index (χ0v) is 11.4. The lowest BCUT2D eigenvalue weighted by molar-refractivity contribution is -0.125. The van der Waals surface area contributed by atoms with Crippen molar-refractivity contribution in [3.05, 3.63) is 0 Å². The average molecular weight is 246 g/mol. The molecule has 2 nitrogen and oxygen atoms in total. The van der Waals surface area contributed by atoms with Crippen LogP contribution in [0.3, 0.4) is 0 Å². The summed E-state index contributed by atoms with van der Waals surface area (Å²) in [6, 6.07) is 0. The number of halogens is 1. The molecule has 0 spiro atoms. The molecule has 1 N–H and O–H groups in total. The highest BCUT2D eigenvalue weighted by molar-refractivity contribution is 6.20. The standard InChI is InChI=1S/C13H24ClNO/c1-9(2)10(3)13(16)15-8-11-5-4-6-12(14)7-11/h9-12H,4-8H2,1-3H3,(H,15,16). The van der Waals surface area contributed by atoms with Crippen LogP contribution in [0.25, 0.3) is 0 Å². The molecule has 16 heavy (non-hydrogen) atoms. The molecule has 1 rings (SSSR count). The molecule has 3 atom stereocenters. The van der Waals surface area contributed by atoms with Gasteiger partial charge in [0.05, 0.1) is 0 Å². The van der Waals surface area contributed by atoms with Gasteiger partial charge >= 0.3 is 0 Å². The molecule has 0 saturated heterocycles. The summed E-state index contributed by atoms with van der Waals surface area (Å²) >= 11 is 6.13. The Morgan fingerprint density at radius 1 is 1.38 bits per heavy atom. The van der Waals surface area contributed by atoms with Gasteiger partial charge in [-0.15, -0.1) is 11.6 Å². The maximum absolute atomic E-state index is 11.8. The van der Waals surface area contributed by atoms with E-state index in [1.54, 1.807) is 0 Å².